The molecule has 198 valence electrons. The first-order valence-corrected chi connectivity index (χ1v) is 13.9. The standard InChI is InChI=1S/C28H23N3O6S2/c1-15-6-3-4-7-18(15)29-20(32)14-30-27-24(39-28(30)35)21(19-8-5-13-37-19)22-23(38-27)26(34)31(25(22)33)16-9-11-17(36-2)12-10-16/h3-13,21-23H,14H2,1-2H3,(H,29,32). The van der Waals surface area contributed by atoms with Crippen LogP contribution < -0.4 is 19.8 Å². The first kappa shape index (κ1) is 25.2. The molecular formula is C28H23N3O6S2. The molecule has 1 fully saturated rings. The third-order valence-electron chi connectivity index (χ3n) is 6.95. The third kappa shape index (κ3) is 4.27. The summed E-state index contributed by atoms with van der Waals surface area (Å²) in [6.07, 6.45) is 1.50. The van der Waals surface area contributed by atoms with E-state index in [0.717, 1.165) is 28.7 Å². The number of nitrogens with one attached hydrogen (secondary N) is 1. The molecule has 2 aliphatic rings. The van der Waals surface area contributed by atoms with E-state index in [4.69, 9.17) is 9.15 Å². The van der Waals surface area contributed by atoms with Crippen LogP contribution in [0.1, 0.15) is 22.1 Å². The molecular weight excluding hydrogens is 538 g/mol. The number of hydrogen-bond acceptors (Lipinski definition) is 8. The van der Waals surface area contributed by atoms with Crippen molar-refractivity contribution >= 4 is 52.2 Å². The highest BCUT2D eigenvalue weighted by Gasteiger charge is 2.57. The topological polar surface area (TPSA) is 111 Å². The van der Waals surface area contributed by atoms with Crippen molar-refractivity contribution < 1.29 is 23.5 Å². The van der Waals surface area contributed by atoms with Gasteiger partial charge in [0.1, 0.15) is 23.3 Å². The van der Waals surface area contributed by atoms with Crippen LogP contribution in [0.2, 0.25) is 0 Å². The van der Waals surface area contributed by atoms with Crippen LogP contribution in [0, 0.1) is 12.8 Å². The number of aryl methyl sites for hydroxylation is 1. The van der Waals surface area contributed by atoms with Crippen LogP contribution in [-0.4, -0.2) is 34.6 Å². The molecule has 2 aliphatic heterocycles. The molecule has 39 heavy (non-hydrogen) atoms. The van der Waals surface area contributed by atoms with E-state index in [1.807, 2.05) is 25.1 Å². The molecule has 3 amide bonds. The molecule has 0 bridgehead atoms. The number of ether oxygens (including phenoxy) is 1. The van der Waals surface area contributed by atoms with E-state index in [0.29, 0.717) is 32.8 Å². The predicted octanol–water partition coefficient (Wildman–Crippen LogP) is 4.25. The summed E-state index contributed by atoms with van der Waals surface area (Å²) in [7, 11) is 1.54. The second-order valence-electron chi connectivity index (χ2n) is 9.25. The Labute approximate surface area is 231 Å². The number of para-hydroxylation sites is 1. The van der Waals surface area contributed by atoms with E-state index in [2.05, 4.69) is 5.32 Å². The van der Waals surface area contributed by atoms with E-state index in [9.17, 15) is 19.2 Å². The summed E-state index contributed by atoms with van der Waals surface area (Å²) in [6, 6.07) is 17.5. The normalized spacial score (nSPS) is 20.1. The minimum Gasteiger partial charge on any atom is -0.497 e. The molecule has 6 rings (SSSR count). The first-order valence-electron chi connectivity index (χ1n) is 12.2. The number of anilines is 2. The lowest BCUT2D eigenvalue weighted by Crippen LogP contribution is -2.32. The van der Waals surface area contributed by atoms with Gasteiger partial charge in [-0.2, -0.15) is 0 Å². The molecule has 1 N–H and O–H groups in total. The zero-order valence-electron chi connectivity index (χ0n) is 21.0. The minimum absolute atomic E-state index is 0.224. The number of fused-ring (bicyclic) bond motifs is 2. The number of carbonyl (C=O) groups is 3. The molecule has 4 aromatic rings. The number of imide groups is 1. The van der Waals surface area contributed by atoms with Gasteiger partial charge in [-0.1, -0.05) is 41.3 Å². The first-order chi connectivity index (χ1) is 18.9. The molecule has 9 nitrogen and oxygen atoms in total. The monoisotopic (exact) mass is 561 g/mol. The van der Waals surface area contributed by atoms with Crippen LogP contribution >= 0.6 is 23.1 Å². The summed E-state index contributed by atoms with van der Waals surface area (Å²) >= 11 is 2.14. The van der Waals surface area contributed by atoms with Gasteiger partial charge in [0.05, 0.1) is 40.8 Å². The van der Waals surface area contributed by atoms with Crippen LogP contribution in [0.4, 0.5) is 11.4 Å². The maximum absolute atomic E-state index is 13.8. The molecule has 3 atom stereocenters. The average molecular weight is 562 g/mol. The van der Waals surface area contributed by atoms with Gasteiger partial charge in [0.2, 0.25) is 17.7 Å². The maximum Gasteiger partial charge on any atom is 0.308 e. The fourth-order valence-corrected chi connectivity index (χ4v) is 7.82. The lowest BCUT2D eigenvalue weighted by atomic mass is 9.87. The van der Waals surface area contributed by atoms with Gasteiger partial charge >= 0.3 is 4.87 Å². The van der Waals surface area contributed by atoms with Gasteiger partial charge in [-0.15, -0.1) is 0 Å². The lowest BCUT2D eigenvalue weighted by molar-refractivity contribution is -0.122. The molecule has 0 spiro atoms. The molecule has 2 aromatic carbocycles. The minimum atomic E-state index is -0.790. The fraction of sp³-hybridized carbons (Fsp3) is 0.214. The Morgan fingerprint density at radius 1 is 1.03 bits per heavy atom. The van der Waals surface area contributed by atoms with Crippen molar-refractivity contribution in [3.8, 4) is 5.75 Å². The average Bonchev–Trinajstić information content (AvgIpc) is 3.63. The molecule has 0 aliphatic carbocycles. The second kappa shape index (κ2) is 9.90. The van der Waals surface area contributed by atoms with Crippen LogP contribution in [-0.2, 0) is 20.9 Å². The molecule has 11 heteroatoms. The van der Waals surface area contributed by atoms with Crippen molar-refractivity contribution in [1.29, 1.82) is 0 Å². The third-order valence-corrected chi connectivity index (χ3v) is 9.55. The summed E-state index contributed by atoms with van der Waals surface area (Å²) in [5.41, 5.74) is 2.00. The van der Waals surface area contributed by atoms with E-state index >= 15 is 0 Å². The van der Waals surface area contributed by atoms with Gasteiger partial charge in [0.15, 0.2) is 0 Å². The highest BCUT2D eigenvalue weighted by atomic mass is 32.2. The van der Waals surface area contributed by atoms with Crippen molar-refractivity contribution in [2.24, 2.45) is 5.92 Å². The zero-order valence-corrected chi connectivity index (χ0v) is 22.6. The number of rotatable bonds is 6. The number of nitrogens with zero attached hydrogens (tertiary/aromatic N) is 2. The number of methoxy groups -OCH3 is 1. The van der Waals surface area contributed by atoms with Crippen molar-refractivity contribution in [2.75, 3.05) is 17.3 Å². The molecule has 0 radical (unpaired) electrons. The summed E-state index contributed by atoms with van der Waals surface area (Å²) < 4.78 is 12.3. The smallest absolute Gasteiger partial charge is 0.308 e. The number of carbonyl (C=O) groups excluding carboxylic acids is 3. The van der Waals surface area contributed by atoms with Gasteiger partial charge in [-0.3, -0.25) is 23.7 Å². The van der Waals surface area contributed by atoms with Gasteiger partial charge in [0.25, 0.3) is 0 Å². The summed E-state index contributed by atoms with van der Waals surface area (Å²) in [6.45, 7) is 1.66. The highest BCUT2D eigenvalue weighted by molar-refractivity contribution is 8.00. The Bertz CT molecular complexity index is 1640. The quantitative estimate of drug-likeness (QED) is 0.350. The van der Waals surface area contributed by atoms with Crippen molar-refractivity contribution in [3.05, 3.63) is 92.8 Å². The number of aromatic nitrogens is 1. The maximum atomic E-state index is 13.8. The van der Waals surface area contributed by atoms with Crippen LogP contribution in [0.15, 0.2) is 81.2 Å². The molecule has 3 unspecified atom stereocenters. The van der Waals surface area contributed by atoms with Gasteiger partial charge < -0.3 is 14.5 Å². The molecule has 0 saturated carbocycles. The summed E-state index contributed by atoms with van der Waals surface area (Å²) in [5, 5.41) is 2.57. The Kier molecular flexibility index (Phi) is 6.40. The number of benzene rings is 2. The Morgan fingerprint density at radius 3 is 2.49 bits per heavy atom. The van der Waals surface area contributed by atoms with Gasteiger partial charge in [-0.05, 0) is 55.0 Å². The molecule has 4 heterocycles. The highest BCUT2D eigenvalue weighted by Crippen LogP contribution is 2.54. The van der Waals surface area contributed by atoms with Crippen molar-refractivity contribution in [1.82, 2.24) is 4.57 Å². The number of hydrogen-bond donors (Lipinski definition) is 1. The van der Waals surface area contributed by atoms with Gasteiger partial charge in [-0.25, -0.2) is 4.90 Å². The number of thiazole rings is 1. The molecule has 1 saturated heterocycles. The van der Waals surface area contributed by atoms with Crippen molar-refractivity contribution in [3.63, 3.8) is 0 Å². The number of amides is 3. The number of thioether (sulfide) groups is 1. The zero-order chi connectivity index (χ0) is 27.3. The SMILES string of the molecule is COc1ccc(N2C(=O)C3Sc4c(sc(=O)n4CC(=O)Nc4ccccc4C)C(c4ccco4)C3C2=O)cc1. The Balaban J connectivity index is 1.38. The Hall–Kier alpha value is -4.09. The fourth-order valence-electron chi connectivity index (χ4n) is 5.06. The van der Waals surface area contributed by atoms with E-state index in [-0.39, 0.29) is 29.1 Å². The van der Waals surface area contributed by atoms with Gasteiger partial charge in [0, 0.05) is 5.69 Å². The summed E-state index contributed by atoms with van der Waals surface area (Å²) in [5.74, 6) is -1.42. The van der Waals surface area contributed by atoms with Crippen LogP contribution in [0.3, 0.4) is 0 Å². The second-order valence-corrected chi connectivity index (χ2v) is 11.4. The molecule has 2 aromatic heterocycles. The lowest BCUT2D eigenvalue weighted by Gasteiger charge is -2.29. The van der Waals surface area contributed by atoms with Crippen LogP contribution in [0.25, 0.3) is 0 Å². The predicted molar refractivity (Wildman–Crippen MR) is 148 cm³/mol. The summed E-state index contributed by atoms with van der Waals surface area (Å²) in [4.78, 5) is 55.1. The largest absolute Gasteiger partial charge is 0.497 e. The van der Waals surface area contributed by atoms with Crippen LogP contribution in [0.5, 0.6) is 5.75 Å². The van der Waals surface area contributed by atoms with E-state index in [1.165, 1.54) is 15.7 Å². The van der Waals surface area contributed by atoms with E-state index < -0.39 is 17.1 Å². The van der Waals surface area contributed by atoms with E-state index in [1.54, 1.807) is 49.6 Å². The Morgan fingerprint density at radius 2 is 1.79 bits per heavy atom. The number of furan rings is 1. The van der Waals surface area contributed by atoms with Crippen molar-refractivity contribution in [2.45, 2.75) is 29.7 Å².